The average Bonchev–Trinajstić information content (AvgIpc) is 3.11. The second-order valence-electron chi connectivity index (χ2n) is 13.0. The standard InChI is InChI=1S/C30H50O3/c1-8-21(19(2)3)10-9-20(4)24-11-12-25-23-17-27(33-7)30(32)18-22(31)13-16-29(30,6)26(23)14-15-28(24,25)5/h9-10,17,19-22,24-27,31-32H,8,11-16,18H2,1-7H3. The van der Waals surface area contributed by atoms with E-state index in [4.69, 9.17) is 4.74 Å². The minimum atomic E-state index is -0.971. The summed E-state index contributed by atoms with van der Waals surface area (Å²) < 4.78 is 5.93. The van der Waals surface area contributed by atoms with E-state index in [0.717, 1.165) is 19.3 Å². The van der Waals surface area contributed by atoms with Crippen LogP contribution >= 0.6 is 0 Å². The number of hydrogen-bond donors (Lipinski definition) is 2. The van der Waals surface area contributed by atoms with Crippen LogP contribution in [0.25, 0.3) is 0 Å². The highest BCUT2D eigenvalue weighted by Crippen LogP contribution is 2.67. The van der Waals surface area contributed by atoms with Gasteiger partial charge in [-0.25, -0.2) is 0 Å². The van der Waals surface area contributed by atoms with Gasteiger partial charge in [-0.3, -0.25) is 0 Å². The first kappa shape index (κ1) is 25.5. The van der Waals surface area contributed by atoms with Gasteiger partial charge in [-0.15, -0.1) is 0 Å². The van der Waals surface area contributed by atoms with Crippen LogP contribution in [0.5, 0.6) is 0 Å². The summed E-state index contributed by atoms with van der Waals surface area (Å²) in [5.74, 6) is 3.70. The van der Waals surface area contributed by atoms with Crippen LogP contribution in [0.3, 0.4) is 0 Å². The van der Waals surface area contributed by atoms with Crippen LogP contribution in [-0.2, 0) is 4.74 Å². The fraction of sp³-hybridized carbons (Fsp3) is 0.867. The van der Waals surface area contributed by atoms with Gasteiger partial charge in [-0.1, -0.05) is 65.3 Å². The van der Waals surface area contributed by atoms with Gasteiger partial charge in [0.1, 0.15) is 11.7 Å². The van der Waals surface area contributed by atoms with E-state index in [1.165, 1.54) is 25.7 Å². The molecule has 3 heteroatoms. The van der Waals surface area contributed by atoms with Crippen molar-refractivity contribution in [3.05, 3.63) is 23.8 Å². The monoisotopic (exact) mass is 458 g/mol. The van der Waals surface area contributed by atoms with Gasteiger partial charge >= 0.3 is 0 Å². The summed E-state index contributed by atoms with van der Waals surface area (Å²) >= 11 is 0. The fourth-order valence-electron chi connectivity index (χ4n) is 8.97. The van der Waals surface area contributed by atoms with Gasteiger partial charge in [0.25, 0.3) is 0 Å². The molecule has 3 fully saturated rings. The molecule has 0 amide bonds. The molecule has 4 aliphatic carbocycles. The number of aliphatic hydroxyl groups excluding tert-OH is 1. The Balaban J connectivity index is 1.63. The minimum Gasteiger partial charge on any atom is -0.393 e. The predicted octanol–water partition coefficient (Wildman–Crippen LogP) is 6.54. The van der Waals surface area contributed by atoms with E-state index in [-0.39, 0.29) is 11.5 Å². The first-order chi connectivity index (χ1) is 15.5. The number of methoxy groups -OCH3 is 1. The lowest BCUT2D eigenvalue weighted by Gasteiger charge is -2.62. The molecule has 0 aliphatic heterocycles. The second kappa shape index (κ2) is 9.10. The average molecular weight is 459 g/mol. The molecule has 0 bridgehead atoms. The number of fused-ring (bicyclic) bond motifs is 5. The van der Waals surface area contributed by atoms with Crippen molar-refractivity contribution >= 4 is 0 Å². The highest BCUT2D eigenvalue weighted by Gasteiger charge is 2.65. The maximum atomic E-state index is 11.9. The molecule has 0 spiro atoms. The molecule has 0 aromatic heterocycles. The van der Waals surface area contributed by atoms with Gasteiger partial charge in [0.15, 0.2) is 0 Å². The summed E-state index contributed by atoms with van der Waals surface area (Å²) in [4.78, 5) is 0. The van der Waals surface area contributed by atoms with Crippen LogP contribution < -0.4 is 0 Å². The summed E-state index contributed by atoms with van der Waals surface area (Å²) in [6, 6.07) is 0. The van der Waals surface area contributed by atoms with Crippen molar-refractivity contribution in [3.8, 4) is 0 Å². The molecule has 3 saturated carbocycles. The van der Waals surface area contributed by atoms with Gasteiger partial charge in [-0.2, -0.15) is 0 Å². The summed E-state index contributed by atoms with van der Waals surface area (Å²) in [7, 11) is 1.73. The van der Waals surface area contributed by atoms with E-state index in [1.54, 1.807) is 12.7 Å². The van der Waals surface area contributed by atoms with Crippen molar-refractivity contribution in [3.63, 3.8) is 0 Å². The van der Waals surface area contributed by atoms with Crippen LogP contribution in [0.1, 0.15) is 92.9 Å². The zero-order valence-corrected chi connectivity index (χ0v) is 22.3. The molecular weight excluding hydrogens is 408 g/mol. The lowest BCUT2D eigenvalue weighted by atomic mass is 9.45. The van der Waals surface area contributed by atoms with Crippen LogP contribution in [0.15, 0.2) is 23.8 Å². The van der Waals surface area contributed by atoms with Gasteiger partial charge in [0, 0.05) is 18.9 Å². The minimum absolute atomic E-state index is 0.215. The largest absolute Gasteiger partial charge is 0.393 e. The molecule has 10 atom stereocenters. The molecule has 0 saturated heterocycles. The topological polar surface area (TPSA) is 49.7 Å². The Morgan fingerprint density at radius 2 is 1.79 bits per heavy atom. The maximum absolute atomic E-state index is 11.9. The molecule has 0 heterocycles. The van der Waals surface area contributed by atoms with E-state index in [9.17, 15) is 10.2 Å². The Morgan fingerprint density at radius 1 is 1.06 bits per heavy atom. The molecule has 2 N–H and O–H groups in total. The smallest absolute Gasteiger partial charge is 0.105 e. The quantitative estimate of drug-likeness (QED) is 0.444. The van der Waals surface area contributed by atoms with Crippen LogP contribution in [-0.4, -0.2) is 35.1 Å². The van der Waals surface area contributed by atoms with Crippen molar-refractivity contribution in [2.24, 2.45) is 46.3 Å². The molecule has 188 valence electrons. The van der Waals surface area contributed by atoms with Crippen LogP contribution in [0.2, 0.25) is 0 Å². The van der Waals surface area contributed by atoms with Crippen LogP contribution in [0.4, 0.5) is 0 Å². The molecule has 3 nitrogen and oxygen atoms in total. The molecule has 0 aromatic rings. The highest BCUT2D eigenvalue weighted by molar-refractivity contribution is 5.33. The zero-order valence-electron chi connectivity index (χ0n) is 22.3. The number of allylic oxidation sites excluding steroid dienone is 3. The SMILES string of the molecule is CCC(C=CC(C)C1CCC2C3=CC(OC)C4(O)CC(O)CCC4(C)C3CCC21C)C(C)C. The number of ether oxygens (including phenoxy) is 1. The zero-order chi connectivity index (χ0) is 24.2. The molecule has 10 unspecified atom stereocenters. The number of hydrogen-bond acceptors (Lipinski definition) is 3. The van der Waals surface area contributed by atoms with E-state index >= 15 is 0 Å². The third-order valence-electron chi connectivity index (χ3n) is 11.2. The van der Waals surface area contributed by atoms with E-state index in [1.807, 2.05) is 0 Å². The lowest BCUT2D eigenvalue weighted by Crippen LogP contribution is -2.65. The van der Waals surface area contributed by atoms with E-state index in [2.05, 4.69) is 59.8 Å². The molecule has 4 aliphatic rings. The van der Waals surface area contributed by atoms with Gasteiger partial charge in [0.05, 0.1) is 6.10 Å². The third-order valence-corrected chi connectivity index (χ3v) is 11.2. The van der Waals surface area contributed by atoms with Gasteiger partial charge in [0.2, 0.25) is 0 Å². The Kier molecular flexibility index (Phi) is 7.02. The Bertz CT molecular complexity index is 771. The van der Waals surface area contributed by atoms with Crippen molar-refractivity contribution in [2.75, 3.05) is 7.11 Å². The Labute approximate surface area is 203 Å². The van der Waals surface area contributed by atoms with Crippen molar-refractivity contribution in [1.29, 1.82) is 0 Å². The molecule has 33 heavy (non-hydrogen) atoms. The Hall–Kier alpha value is -0.640. The van der Waals surface area contributed by atoms with Gasteiger partial charge in [-0.05, 0) is 85.9 Å². The fourth-order valence-corrected chi connectivity index (χ4v) is 8.97. The summed E-state index contributed by atoms with van der Waals surface area (Å²) in [5, 5.41) is 22.3. The maximum Gasteiger partial charge on any atom is 0.105 e. The number of aliphatic hydroxyl groups is 2. The summed E-state index contributed by atoms with van der Waals surface area (Å²) in [6.07, 6.45) is 14.9. The van der Waals surface area contributed by atoms with Gasteiger partial charge < -0.3 is 14.9 Å². The lowest BCUT2D eigenvalue weighted by molar-refractivity contribution is -0.216. The Morgan fingerprint density at radius 3 is 2.42 bits per heavy atom. The third kappa shape index (κ3) is 3.89. The normalized spacial score (nSPS) is 47.1. The molecular formula is C30H50O3. The second-order valence-corrected chi connectivity index (χ2v) is 13.0. The van der Waals surface area contributed by atoms with E-state index in [0.29, 0.717) is 47.3 Å². The number of rotatable bonds is 6. The summed E-state index contributed by atoms with van der Waals surface area (Å²) in [5.41, 5.74) is 0.713. The molecule has 4 rings (SSSR count). The predicted molar refractivity (Wildman–Crippen MR) is 136 cm³/mol. The van der Waals surface area contributed by atoms with Crippen molar-refractivity contribution < 1.29 is 14.9 Å². The molecule has 0 radical (unpaired) electrons. The highest BCUT2D eigenvalue weighted by atomic mass is 16.5. The summed E-state index contributed by atoms with van der Waals surface area (Å²) in [6.45, 7) is 14.3. The van der Waals surface area contributed by atoms with Crippen molar-refractivity contribution in [1.82, 2.24) is 0 Å². The first-order valence-electron chi connectivity index (χ1n) is 13.8. The van der Waals surface area contributed by atoms with E-state index < -0.39 is 11.7 Å². The van der Waals surface area contributed by atoms with Crippen LogP contribution in [0, 0.1) is 46.3 Å². The van der Waals surface area contributed by atoms with Crippen molar-refractivity contribution in [2.45, 2.75) is 111 Å². The first-order valence-corrected chi connectivity index (χ1v) is 13.8. The molecule has 0 aromatic carbocycles.